The highest BCUT2D eigenvalue weighted by atomic mass is 16.2. The molecule has 2 aromatic carbocycles. The Morgan fingerprint density at radius 1 is 1.04 bits per heavy atom. The Labute approximate surface area is 147 Å². The van der Waals surface area contributed by atoms with Crippen LogP contribution in [0.1, 0.15) is 34.3 Å². The molecular formula is C20H23N3O2. The molecule has 2 aromatic rings. The number of aryl methyl sites for hydroxylation is 1. The number of benzene rings is 2. The molecule has 130 valence electrons. The number of para-hydroxylation sites is 1. The predicted molar refractivity (Wildman–Crippen MR) is 98.4 cm³/mol. The molecule has 25 heavy (non-hydrogen) atoms. The van der Waals surface area contributed by atoms with Gasteiger partial charge in [-0.05, 0) is 43.0 Å². The fourth-order valence-corrected chi connectivity index (χ4v) is 2.57. The molecule has 3 rings (SSSR count). The monoisotopic (exact) mass is 337 g/mol. The Kier molecular flexibility index (Phi) is 5.33. The van der Waals surface area contributed by atoms with Crippen molar-refractivity contribution in [3.05, 3.63) is 65.2 Å². The highest BCUT2D eigenvalue weighted by Gasteiger charge is 2.24. The van der Waals surface area contributed by atoms with E-state index in [0.717, 1.165) is 24.0 Å². The second-order valence-electron chi connectivity index (χ2n) is 6.35. The first kappa shape index (κ1) is 17.0. The summed E-state index contributed by atoms with van der Waals surface area (Å²) in [6.45, 7) is 2.64. The van der Waals surface area contributed by atoms with Crippen molar-refractivity contribution in [2.24, 2.45) is 0 Å². The van der Waals surface area contributed by atoms with E-state index in [1.807, 2.05) is 49.4 Å². The van der Waals surface area contributed by atoms with Crippen LogP contribution in [0, 0.1) is 6.92 Å². The molecule has 0 atom stereocenters. The Balaban J connectivity index is 1.53. The van der Waals surface area contributed by atoms with Crippen LogP contribution in [0.25, 0.3) is 0 Å². The molecule has 0 bridgehead atoms. The molecule has 0 aliphatic heterocycles. The fraction of sp³-hybridized carbons (Fsp3) is 0.300. The van der Waals surface area contributed by atoms with Crippen LogP contribution in [0.3, 0.4) is 0 Å². The Bertz CT molecular complexity index is 769. The maximum Gasteiger partial charge on any atom is 0.253 e. The Morgan fingerprint density at radius 3 is 2.52 bits per heavy atom. The molecule has 0 unspecified atom stereocenters. The molecule has 1 aliphatic carbocycles. The number of hydrogen-bond donors (Lipinski definition) is 3. The zero-order valence-electron chi connectivity index (χ0n) is 14.3. The number of carbonyl (C=O) groups excluding carboxylic acids is 2. The van der Waals surface area contributed by atoms with Gasteiger partial charge in [0.25, 0.3) is 5.91 Å². The van der Waals surface area contributed by atoms with E-state index in [-0.39, 0.29) is 18.4 Å². The van der Waals surface area contributed by atoms with Crippen LogP contribution < -0.4 is 16.0 Å². The maximum absolute atomic E-state index is 12.3. The van der Waals surface area contributed by atoms with Gasteiger partial charge in [-0.1, -0.05) is 36.4 Å². The average molecular weight is 337 g/mol. The molecular weight excluding hydrogens is 314 g/mol. The van der Waals surface area contributed by atoms with E-state index in [0.29, 0.717) is 23.8 Å². The van der Waals surface area contributed by atoms with Gasteiger partial charge in [0, 0.05) is 18.3 Å². The highest BCUT2D eigenvalue weighted by Crippen LogP contribution is 2.21. The second kappa shape index (κ2) is 7.83. The number of anilines is 1. The van der Waals surface area contributed by atoms with Gasteiger partial charge in [0.1, 0.15) is 0 Å². The number of hydrogen-bond acceptors (Lipinski definition) is 3. The molecule has 1 aliphatic rings. The van der Waals surface area contributed by atoms with Gasteiger partial charge in [0.2, 0.25) is 5.91 Å². The minimum absolute atomic E-state index is 0.0917. The van der Waals surface area contributed by atoms with Gasteiger partial charge in [-0.15, -0.1) is 0 Å². The smallest absolute Gasteiger partial charge is 0.253 e. The fourth-order valence-electron chi connectivity index (χ4n) is 2.57. The number of rotatable bonds is 7. The van der Waals surface area contributed by atoms with Crippen LogP contribution in [0.15, 0.2) is 48.5 Å². The van der Waals surface area contributed by atoms with Gasteiger partial charge >= 0.3 is 0 Å². The Hall–Kier alpha value is -2.82. The lowest BCUT2D eigenvalue weighted by Crippen LogP contribution is -2.31. The molecule has 3 N–H and O–H groups in total. The van der Waals surface area contributed by atoms with Gasteiger partial charge in [-0.2, -0.15) is 0 Å². The minimum atomic E-state index is -0.111. The van der Waals surface area contributed by atoms with Gasteiger partial charge < -0.3 is 16.0 Å². The summed E-state index contributed by atoms with van der Waals surface area (Å²) in [5.41, 5.74) is 3.49. The summed E-state index contributed by atoms with van der Waals surface area (Å²) in [5.74, 6) is -0.202. The third-order valence-electron chi connectivity index (χ3n) is 4.26. The zero-order chi connectivity index (χ0) is 17.6. The predicted octanol–water partition coefficient (Wildman–Crippen LogP) is 2.62. The average Bonchev–Trinajstić information content (AvgIpc) is 3.43. The molecule has 0 heterocycles. The third-order valence-corrected chi connectivity index (χ3v) is 4.26. The van der Waals surface area contributed by atoms with Gasteiger partial charge in [0.05, 0.1) is 12.1 Å². The van der Waals surface area contributed by atoms with Gasteiger partial charge in [-0.3, -0.25) is 9.59 Å². The molecule has 5 heteroatoms. The quantitative estimate of drug-likeness (QED) is 0.727. The molecule has 1 saturated carbocycles. The van der Waals surface area contributed by atoms with E-state index < -0.39 is 0 Å². The lowest BCUT2D eigenvalue weighted by molar-refractivity contribution is -0.119. The van der Waals surface area contributed by atoms with E-state index in [2.05, 4.69) is 16.0 Å². The third kappa shape index (κ3) is 4.83. The summed E-state index contributed by atoms with van der Waals surface area (Å²) in [6.07, 6.45) is 2.09. The summed E-state index contributed by atoms with van der Waals surface area (Å²) < 4.78 is 0. The molecule has 2 amide bonds. The van der Waals surface area contributed by atoms with Crippen LogP contribution in [-0.4, -0.2) is 24.4 Å². The lowest BCUT2D eigenvalue weighted by Gasteiger charge is -2.12. The Morgan fingerprint density at radius 2 is 1.76 bits per heavy atom. The molecule has 1 fully saturated rings. The van der Waals surface area contributed by atoms with Crippen molar-refractivity contribution in [1.82, 2.24) is 10.6 Å². The largest absolute Gasteiger partial charge is 0.376 e. The normalized spacial score (nSPS) is 13.2. The number of amides is 2. The first-order chi connectivity index (χ1) is 12.1. The summed E-state index contributed by atoms with van der Waals surface area (Å²) in [6, 6.07) is 15.5. The van der Waals surface area contributed by atoms with Crippen LogP contribution in [0.5, 0.6) is 0 Å². The molecule has 0 saturated heterocycles. The summed E-state index contributed by atoms with van der Waals surface area (Å²) in [4.78, 5) is 24.4. The van der Waals surface area contributed by atoms with Crippen LogP contribution in [-0.2, 0) is 11.3 Å². The first-order valence-corrected chi connectivity index (χ1v) is 8.58. The van der Waals surface area contributed by atoms with Crippen molar-refractivity contribution in [3.8, 4) is 0 Å². The summed E-state index contributed by atoms with van der Waals surface area (Å²) in [7, 11) is 0. The van der Waals surface area contributed by atoms with Crippen molar-refractivity contribution >= 4 is 17.5 Å². The van der Waals surface area contributed by atoms with Crippen molar-refractivity contribution in [2.45, 2.75) is 32.4 Å². The van der Waals surface area contributed by atoms with Crippen LogP contribution in [0.2, 0.25) is 0 Å². The van der Waals surface area contributed by atoms with E-state index in [4.69, 9.17) is 0 Å². The maximum atomic E-state index is 12.3. The highest BCUT2D eigenvalue weighted by molar-refractivity contribution is 6.00. The van der Waals surface area contributed by atoms with Gasteiger partial charge in [-0.25, -0.2) is 0 Å². The molecule has 0 radical (unpaired) electrons. The number of nitrogens with one attached hydrogen (secondary N) is 3. The standard InChI is InChI=1S/C20H23N3O2/c1-14-6-2-3-7-15(14)12-22-19(24)13-21-18-9-5-4-8-17(18)20(25)23-16-10-11-16/h2-9,16,21H,10-13H2,1H3,(H,22,24)(H,23,25). The SMILES string of the molecule is Cc1ccccc1CNC(=O)CNc1ccccc1C(=O)NC1CC1. The summed E-state index contributed by atoms with van der Waals surface area (Å²) in [5, 5.41) is 8.94. The van der Waals surface area contributed by atoms with Crippen molar-refractivity contribution < 1.29 is 9.59 Å². The lowest BCUT2D eigenvalue weighted by atomic mass is 10.1. The van der Waals surface area contributed by atoms with Crippen LogP contribution >= 0.6 is 0 Å². The molecule has 5 nitrogen and oxygen atoms in total. The zero-order valence-corrected chi connectivity index (χ0v) is 14.3. The van der Waals surface area contributed by atoms with Crippen molar-refractivity contribution in [2.75, 3.05) is 11.9 Å². The van der Waals surface area contributed by atoms with Crippen LogP contribution in [0.4, 0.5) is 5.69 Å². The van der Waals surface area contributed by atoms with Gasteiger partial charge in [0.15, 0.2) is 0 Å². The molecule has 0 spiro atoms. The van der Waals surface area contributed by atoms with Crippen molar-refractivity contribution in [1.29, 1.82) is 0 Å². The van der Waals surface area contributed by atoms with E-state index in [9.17, 15) is 9.59 Å². The number of carbonyl (C=O) groups is 2. The van der Waals surface area contributed by atoms with E-state index in [1.54, 1.807) is 6.07 Å². The van der Waals surface area contributed by atoms with E-state index >= 15 is 0 Å². The molecule has 0 aromatic heterocycles. The van der Waals surface area contributed by atoms with E-state index in [1.165, 1.54) is 0 Å². The second-order valence-corrected chi connectivity index (χ2v) is 6.35. The minimum Gasteiger partial charge on any atom is -0.376 e. The van der Waals surface area contributed by atoms with Crippen molar-refractivity contribution in [3.63, 3.8) is 0 Å². The summed E-state index contributed by atoms with van der Waals surface area (Å²) >= 11 is 0. The topological polar surface area (TPSA) is 70.2 Å². The first-order valence-electron chi connectivity index (χ1n) is 8.58.